The van der Waals surface area contributed by atoms with Crippen molar-refractivity contribution in [1.29, 1.82) is 0 Å². The van der Waals surface area contributed by atoms with Crippen LogP contribution in [0.1, 0.15) is 32.3 Å². The van der Waals surface area contributed by atoms with Crippen LogP contribution in [0.2, 0.25) is 0 Å². The van der Waals surface area contributed by atoms with Crippen molar-refractivity contribution in [2.24, 2.45) is 0 Å². The molecule has 0 saturated carbocycles. The molecule has 0 fully saturated rings. The summed E-state index contributed by atoms with van der Waals surface area (Å²) in [5.74, 6) is 1.30. The van der Waals surface area contributed by atoms with Crippen molar-refractivity contribution in [1.82, 2.24) is 10.6 Å². The van der Waals surface area contributed by atoms with E-state index in [1.165, 1.54) is 5.56 Å². The third kappa shape index (κ3) is 7.01. The van der Waals surface area contributed by atoms with E-state index >= 15 is 0 Å². The highest BCUT2D eigenvalue weighted by Gasteiger charge is 2.14. The van der Waals surface area contributed by atoms with Crippen LogP contribution >= 0.6 is 0 Å². The summed E-state index contributed by atoms with van der Waals surface area (Å²) in [6.07, 6.45) is -1.20. The standard InChI is InChI=1S/C21H26N2O4/c1-15(2)17-9-11-19(12-10-17)26-16(3)20(24)22-13-14-23-21(25)27-18-7-5-4-6-8-18/h4-12,15-16H,13-14H2,1-3H3,(H,22,24)(H,23,25). The first-order valence-electron chi connectivity index (χ1n) is 9.00. The molecule has 27 heavy (non-hydrogen) atoms. The number of hydrogen-bond donors (Lipinski definition) is 2. The molecule has 2 aromatic rings. The Kier molecular flexibility index (Phi) is 7.67. The van der Waals surface area contributed by atoms with Gasteiger partial charge in [0.15, 0.2) is 6.10 Å². The predicted octanol–water partition coefficient (Wildman–Crippen LogP) is 3.48. The molecule has 0 heterocycles. The first kappa shape index (κ1) is 20.3. The molecule has 1 atom stereocenters. The van der Waals surface area contributed by atoms with Crippen LogP contribution in [0, 0.1) is 0 Å². The van der Waals surface area contributed by atoms with Crippen molar-refractivity contribution in [2.45, 2.75) is 32.8 Å². The largest absolute Gasteiger partial charge is 0.481 e. The minimum Gasteiger partial charge on any atom is -0.481 e. The fourth-order valence-corrected chi connectivity index (χ4v) is 2.31. The molecule has 0 aliphatic heterocycles. The second kappa shape index (κ2) is 10.2. The summed E-state index contributed by atoms with van der Waals surface area (Å²) in [5, 5.41) is 5.29. The van der Waals surface area contributed by atoms with Gasteiger partial charge in [0.05, 0.1) is 0 Å². The minimum atomic E-state index is -0.633. The third-order valence-electron chi connectivity index (χ3n) is 3.88. The van der Waals surface area contributed by atoms with Crippen LogP contribution in [0.5, 0.6) is 11.5 Å². The summed E-state index contributed by atoms with van der Waals surface area (Å²) in [6, 6.07) is 16.5. The molecule has 2 amide bonds. The van der Waals surface area contributed by atoms with Crippen molar-refractivity contribution in [3.63, 3.8) is 0 Å². The molecule has 0 spiro atoms. The lowest BCUT2D eigenvalue weighted by Crippen LogP contribution is -2.41. The summed E-state index contributed by atoms with van der Waals surface area (Å²) >= 11 is 0. The zero-order chi connectivity index (χ0) is 19.6. The maximum absolute atomic E-state index is 12.1. The van der Waals surface area contributed by atoms with Crippen molar-refractivity contribution in [3.05, 3.63) is 60.2 Å². The normalized spacial score (nSPS) is 11.6. The Morgan fingerprint density at radius 1 is 0.852 bits per heavy atom. The molecule has 0 radical (unpaired) electrons. The number of carbonyl (C=O) groups excluding carboxylic acids is 2. The highest BCUT2D eigenvalue weighted by molar-refractivity contribution is 5.80. The molecule has 0 bridgehead atoms. The number of amides is 2. The van der Waals surface area contributed by atoms with Gasteiger partial charge in [0.1, 0.15) is 11.5 Å². The predicted molar refractivity (Wildman–Crippen MR) is 104 cm³/mol. The molecule has 144 valence electrons. The average molecular weight is 370 g/mol. The summed E-state index contributed by atoms with van der Waals surface area (Å²) in [4.78, 5) is 23.7. The molecular formula is C21H26N2O4. The zero-order valence-corrected chi connectivity index (χ0v) is 15.9. The smallest absolute Gasteiger partial charge is 0.412 e. The number of rotatable bonds is 8. The fourth-order valence-electron chi connectivity index (χ4n) is 2.31. The lowest BCUT2D eigenvalue weighted by Gasteiger charge is -2.15. The Hall–Kier alpha value is -3.02. The summed E-state index contributed by atoms with van der Waals surface area (Å²) in [5.41, 5.74) is 1.22. The van der Waals surface area contributed by atoms with Crippen molar-refractivity contribution < 1.29 is 19.1 Å². The molecule has 0 aromatic heterocycles. The van der Waals surface area contributed by atoms with E-state index in [-0.39, 0.29) is 19.0 Å². The van der Waals surface area contributed by atoms with Gasteiger partial charge in [-0.1, -0.05) is 44.2 Å². The molecule has 6 heteroatoms. The molecular weight excluding hydrogens is 344 g/mol. The molecule has 0 aliphatic carbocycles. The highest BCUT2D eigenvalue weighted by atomic mass is 16.6. The molecule has 6 nitrogen and oxygen atoms in total. The Morgan fingerprint density at radius 2 is 1.48 bits per heavy atom. The molecule has 2 N–H and O–H groups in total. The molecule has 1 unspecified atom stereocenters. The molecule has 0 aliphatic rings. The SMILES string of the molecule is CC(Oc1ccc(C(C)C)cc1)C(=O)NCCNC(=O)Oc1ccccc1. The van der Waals surface area contributed by atoms with Gasteiger partial charge in [-0.2, -0.15) is 0 Å². The second-order valence-electron chi connectivity index (χ2n) is 6.40. The Bertz CT molecular complexity index is 730. The van der Waals surface area contributed by atoms with Crippen LogP contribution in [-0.4, -0.2) is 31.2 Å². The van der Waals surface area contributed by atoms with Gasteiger partial charge < -0.3 is 20.1 Å². The number of ether oxygens (including phenoxy) is 2. The number of nitrogens with one attached hydrogen (secondary N) is 2. The molecule has 2 rings (SSSR count). The lowest BCUT2D eigenvalue weighted by atomic mass is 10.0. The first-order valence-corrected chi connectivity index (χ1v) is 9.00. The topological polar surface area (TPSA) is 76.7 Å². The van der Waals surface area contributed by atoms with Crippen molar-refractivity contribution in [3.8, 4) is 11.5 Å². The van der Waals surface area contributed by atoms with Crippen LogP contribution in [0.15, 0.2) is 54.6 Å². The van der Waals surface area contributed by atoms with Crippen LogP contribution in [0.4, 0.5) is 4.79 Å². The van der Waals surface area contributed by atoms with E-state index in [9.17, 15) is 9.59 Å². The zero-order valence-electron chi connectivity index (χ0n) is 15.9. The van der Waals surface area contributed by atoms with Crippen LogP contribution < -0.4 is 20.1 Å². The first-order chi connectivity index (χ1) is 13.0. The highest BCUT2D eigenvalue weighted by Crippen LogP contribution is 2.19. The van der Waals surface area contributed by atoms with Gasteiger partial charge in [0.25, 0.3) is 5.91 Å². The van der Waals surface area contributed by atoms with Crippen molar-refractivity contribution >= 4 is 12.0 Å². The number of carbonyl (C=O) groups is 2. The van der Waals surface area contributed by atoms with Gasteiger partial charge in [-0.25, -0.2) is 4.79 Å². The number of benzene rings is 2. The third-order valence-corrected chi connectivity index (χ3v) is 3.88. The van der Waals surface area contributed by atoms with Gasteiger partial charge in [-0.15, -0.1) is 0 Å². The van der Waals surface area contributed by atoms with Crippen LogP contribution in [0.25, 0.3) is 0 Å². The van der Waals surface area contributed by atoms with E-state index in [0.29, 0.717) is 17.4 Å². The van der Waals surface area contributed by atoms with Crippen molar-refractivity contribution in [2.75, 3.05) is 13.1 Å². The summed E-state index contributed by atoms with van der Waals surface area (Å²) in [7, 11) is 0. The minimum absolute atomic E-state index is 0.249. The second-order valence-corrected chi connectivity index (χ2v) is 6.40. The van der Waals surface area contributed by atoms with Gasteiger partial charge >= 0.3 is 6.09 Å². The molecule has 0 saturated heterocycles. The fraction of sp³-hybridized carbons (Fsp3) is 0.333. The van der Waals surface area contributed by atoms with E-state index in [2.05, 4.69) is 24.5 Å². The Morgan fingerprint density at radius 3 is 2.11 bits per heavy atom. The average Bonchev–Trinajstić information content (AvgIpc) is 2.66. The maximum Gasteiger partial charge on any atom is 0.412 e. The Labute approximate surface area is 159 Å². The van der Waals surface area contributed by atoms with Crippen LogP contribution in [0.3, 0.4) is 0 Å². The number of para-hydroxylation sites is 1. The van der Waals surface area contributed by atoms with Crippen LogP contribution in [-0.2, 0) is 4.79 Å². The van der Waals surface area contributed by atoms with E-state index < -0.39 is 12.2 Å². The molecule has 2 aromatic carbocycles. The summed E-state index contributed by atoms with van der Waals surface area (Å²) < 4.78 is 10.7. The van der Waals surface area contributed by atoms with E-state index in [1.54, 1.807) is 31.2 Å². The van der Waals surface area contributed by atoms with Gasteiger partial charge in [0.2, 0.25) is 0 Å². The number of hydrogen-bond acceptors (Lipinski definition) is 4. The van der Waals surface area contributed by atoms with Gasteiger partial charge in [0, 0.05) is 13.1 Å². The maximum atomic E-state index is 12.1. The van der Waals surface area contributed by atoms with E-state index in [0.717, 1.165) is 0 Å². The monoisotopic (exact) mass is 370 g/mol. The lowest BCUT2D eigenvalue weighted by molar-refractivity contribution is -0.127. The van der Waals surface area contributed by atoms with E-state index in [1.807, 2.05) is 30.3 Å². The quantitative estimate of drug-likeness (QED) is 0.698. The van der Waals surface area contributed by atoms with E-state index in [4.69, 9.17) is 9.47 Å². The van der Waals surface area contributed by atoms with Gasteiger partial charge in [-0.3, -0.25) is 4.79 Å². The van der Waals surface area contributed by atoms with Gasteiger partial charge in [-0.05, 0) is 42.7 Å². The summed E-state index contributed by atoms with van der Waals surface area (Å²) in [6.45, 7) is 6.46. The Balaban J connectivity index is 1.66.